The first-order chi connectivity index (χ1) is 8.00. The smallest absolute Gasteiger partial charge is 0.392 e. The Morgan fingerprint density at radius 1 is 1.29 bits per heavy atom. The summed E-state index contributed by atoms with van der Waals surface area (Å²) in [6.45, 7) is -0.0997. The highest BCUT2D eigenvalue weighted by molar-refractivity contribution is 6.21. The third kappa shape index (κ3) is 2.59. The molecule has 4 nitrogen and oxygen atoms in total. The van der Waals surface area contributed by atoms with Crippen molar-refractivity contribution in [2.24, 2.45) is 0 Å². The molecule has 0 radical (unpaired) electrons. The molecular formula is C10H7ClF2N2O2. The van der Waals surface area contributed by atoms with Crippen LogP contribution in [0.4, 0.5) is 8.78 Å². The van der Waals surface area contributed by atoms with Gasteiger partial charge in [0, 0.05) is 5.56 Å². The van der Waals surface area contributed by atoms with Gasteiger partial charge in [-0.3, -0.25) is 0 Å². The van der Waals surface area contributed by atoms with E-state index in [2.05, 4.69) is 14.7 Å². The second kappa shape index (κ2) is 4.38. The van der Waals surface area contributed by atoms with Gasteiger partial charge in [0.2, 0.25) is 5.82 Å². The molecule has 0 aliphatic heterocycles. The molecule has 0 unspecified atom stereocenters. The molecule has 0 saturated carbocycles. The fourth-order valence-corrected chi connectivity index (χ4v) is 1.29. The zero-order chi connectivity index (χ0) is 12.5. The normalized spacial score (nSPS) is 11.8. The van der Waals surface area contributed by atoms with E-state index in [4.69, 9.17) is 16.7 Å². The molecule has 17 heavy (non-hydrogen) atoms. The van der Waals surface area contributed by atoms with Gasteiger partial charge < -0.3 is 9.63 Å². The van der Waals surface area contributed by atoms with Crippen LogP contribution in [0.1, 0.15) is 11.5 Å². The number of rotatable bonds is 3. The zero-order valence-corrected chi connectivity index (χ0v) is 9.16. The van der Waals surface area contributed by atoms with Crippen molar-refractivity contribution < 1.29 is 18.4 Å². The minimum absolute atomic E-state index is 0.0183. The molecule has 0 fully saturated rings. The molecule has 0 amide bonds. The van der Waals surface area contributed by atoms with Crippen LogP contribution in [0.5, 0.6) is 0 Å². The van der Waals surface area contributed by atoms with E-state index in [1.54, 1.807) is 24.3 Å². The Morgan fingerprint density at radius 3 is 2.41 bits per heavy atom. The lowest BCUT2D eigenvalue weighted by Crippen LogP contribution is -2.03. The van der Waals surface area contributed by atoms with E-state index in [1.165, 1.54) is 0 Å². The van der Waals surface area contributed by atoms with Gasteiger partial charge >= 0.3 is 11.3 Å². The maximum Gasteiger partial charge on any atom is 0.400 e. The van der Waals surface area contributed by atoms with E-state index in [0.717, 1.165) is 0 Å². The number of halogens is 3. The van der Waals surface area contributed by atoms with Crippen LogP contribution in [0.3, 0.4) is 0 Å². The number of aliphatic hydroxyl groups excluding tert-OH is 1. The number of hydrogen-bond acceptors (Lipinski definition) is 4. The molecule has 2 aromatic rings. The highest BCUT2D eigenvalue weighted by Gasteiger charge is 2.35. The van der Waals surface area contributed by atoms with Gasteiger partial charge in [-0.25, -0.2) is 0 Å². The minimum atomic E-state index is -3.67. The topological polar surface area (TPSA) is 59.2 Å². The minimum Gasteiger partial charge on any atom is -0.392 e. The van der Waals surface area contributed by atoms with E-state index in [-0.39, 0.29) is 12.4 Å². The largest absolute Gasteiger partial charge is 0.400 e. The molecular weight excluding hydrogens is 254 g/mol. The lowest BCUT2D eigenvalue weighted by Gasteiger charge is -1.98. The summed E-state index contributed by atoms with van der Waals surface area (Å²) in [7, 11) is 0. The van der Waals surface area contributed by atoms with Gasteiger partial charge in [0.15, 0.2) is 0 Å². The molecule has 0 saturated heterocycles. The molecule has 2 rings (SSSR count). The van der Waals surface area contributed by atoms with Crippen LogP contribution >= 0.6 is 11.6 Å². The van der Waals surface area contributed by atoms with Gasteiger partial charge in [0.1, 0.15) is 0 Å². The van der Waals surface area contributed by atoms with Crippen molar-refractivity contribution in [3.63, 3.8) is 0 Å². The SMILES string of the molecule is OCc1ccc(-c2noc(C(F)(F)Cl)n2)cc1. The van der Waals surface area contributed by atoms with Crippen molar-refractivity contribution in [3.8, 4) is 11.4 Å². The van der Waals surface area contributed by atoms with Crippen LogP contribution in [-0.4, -0.2) is 15.2 Å². The number of aromatic nitrogens is 2. The molecule has 1 aromatic heterocycles. The Kier molecular flexibility index (Phi) is 3.08. The Labute approximate surface area is 99.8 Å². The monoisotopic (exact) mass is 260 g/mol. The predicted octanol–water partition coefficient (Wildman–Crippen LogP) is 2.52. The molecule has 0 spiro atoms. The van der Waals surface area contributed by atoms with Crippen molar-refractivity contribution >= 4 is 11.6 Å². The lowest BCUT2D eigenvalue weighted by atomic mass is 10.1. The second-order valence-electron chi connectivity index (χ2n) is 3.28. The molecule has 0 aliphatic carbocycles. The van der Waals surface area contributed by atoms with Crippen molar-refractivity contribution in [3.05, 3.63) is 35.7 Å². The number of nitrogens with zero attached hydrogens (tertiary/aromatic N) is 2. The van der Waals surface area contributed by atoms with Crippen LogP contribution in [0.15, 0.2) is 28.8 Å². The molecule has 1 heterocycles. The molecule has 0 aliphatic rings. The molecule has 1 N–H and O–H groups in total. The average molecular weight is 261 g/mol. The average Bonchev–Trinajstić information content (AvgIpc) is 2.78. The molecule has 90 valence electrons. The second-order valence-corrected chi connectivity index (χ2v) is 3.75. The van der Waals surface area contributed by atoms with Crippen LogP contribution < -0.4 is 0 Å². The Balaban J connectivity index is 2.30. The first-order valence-electron chi connectivity index (χ1n) is 4.62. The Morgan fingerprint density at radius 2 is 1.94 bits per heavy atom. The van der Waals surface area contributed by atoms with Crippen molar-refractivity contribution in [1.82, 2.24) is 10.1 Å². The number of aliphatic hydroxyl groups is 1. The summed E-state index contributed by atoms with van der Waals surface area (Å²) in [5, 5.41) is 8.57. The first kappa shape index (κ1) is 11.9. The standard InChI is InChI=1S/C10H7ClF2N2O2/c11-10(12,13)9-14-8(15-17-9)7-3-1-6(5-16)2-4-7/h1-4,16H,5H2. The van der Waals surface area contributed by atoms with Crippen molar-refractivity contribution in [1.29, 1.82) is 0 Å². The zero-order valence-electron chi connectivity index (χ0n) is 8.40. The van der Waals surface area contributed by atoms with E-state index < -0.39 is 11.3 Å². The molecule has 0 bridgehead atoms. The maximum atomic E-state index is 12.6. The molecule has 1 aromatic carbocycles. The predicted molar refractivity (Wildman–Crippen MR) is 55.4 cm³/mol. The third-order valence-corrected chi connectivity index (χ3v) is 2.22. The summed E-state index contributed by atoms with van der Waals surface area (Å²) < 4.78 is 29.6. The van der Waals surface area contributed by atoms with Crippen LogP contribution in [-0.2, 0) is 12.0 Å². The third-order valence-electron chi connectivity index (χ3n) is 2.06. The summed E-state index contributed by atoms with van der Waals surface area (Å²) in [6, 6.07) is 6.44. The quantitative estimate of drug-likeness (QED) is 0.862. The highest BCUT2D eigenvalue weighted by Crippen LogP contribution is 2.32. The van der Waals surface area contributed by atoms with Gasteiger partial charge in [-0.05, 0) is 17.2 Å². The van der Waals surface area contributed by atoms with Crippen molar-refractivity contribution in [2.75, 3.05) is 0 Å². The van der Waals surface area contributed by atoms with Gasteiger partial charge in [-0.1, -0.05) is 29.4 Å². The number of alkyl halides is 3. The van der Waals surface area contributed by atoms with Gasteiger partial charge in [0.05, 0.1) is 6.61 Å². The van der Waals surface area contributed by atoms with Gasteiger partial charge in [0.25, 0.3) is 0 Å². The van der Waals surface area contributed by atoms with Crippen LogP contribution in [0.25, 0.3) is 11.4 Å². The van der Waals surface area contributed by atoms with E-state index >= 15 is 0 Å². The Hall–Kier alpha value is -1.53. The fourth-order valence-electron chi connectivity index (χ4n) is 1.22. The van der Waals surface area contributed by atoms with Crippen LogP contribution in [0.2, 0.25) is 0 Å². The number of benzene rings is 1. The molecule has 7 heteroatoms. The summed E-state index contributed by atoms with van der Waals surface area (Å²) >= 11 is 4.74. The Bertz CT molecular complexity index is 508. The fraction of sp³-hybridized carbons (Fsp3) is 0.200. The maximum absolute atomic E-state index is 12.6. The summed E-state index contributed by atoms with van der Waals surface area (Å²) in [5.74, 6) is -0.926. The summed E-state index contributed by atoms with van der Waals surface area (Å²) in [6.07, 6.45) is 0. The molecule has 0 atom stereocenters. The highest BCUT2D eigenvalue weighted by atomic mass is 35.5. The number of hydrogen-bond donors (Lipinski definition) is 1. The summed E-state index contributed by atoms with van der Waals surface area (Å²) in [4.78, 5) is 3.49. The van der Waals surface area contributed by atoms with Crippen molar-refractivity contribution in [2.45, 2.75) is 12.0 Å². The van der Waals surface area contributed by atoms with Gasteiger partial charge in [-0.15, -0.1) is 0 Å². The van der Waals surface area contributed by atoms with E-state index in [0.29, 0.717) is 11.1 Å². The van der Waals surface area contributed by atoms with Gasteiger partial charge in [-0.2, -0.15) is 13.8 Å². The first-order valence-corrected chi connectivity index (χ1v) is 4.99. The van der Waals surface area contributed by atoms with E-state index in [9.17, 15) is 8.78 Å². The van der Waals surface area contributed by atoms with E-state index in [1.807, 2.05) is 0 Å². The summed E-state index contributed by atoms with van der Waals surface area (Å²) in [5.41, 5.74) is 1.19. The van der Waals surface area contributed by atoms with Crippen LogP contribution in [0, 0.1) is 0 Å². The lowest BCUT2D eigenvalue weighted by molar-refractivity contribution is 0.0551.